The fraction of sp³-hybridized carbons (Fsp3) is 0.300. The number of thiazole rings is 1. The van der Waals surface area contributed by atoms with E-state index in [0.717, 1.165) is 27.2 Å². The first kappa shape index (κ1) is 19.0. The molecule has 0 bridgehead atoms. The zero-order valence-electron chi connectivity index (χ0n) is 15.7. The van der Waals surface area contributed by atoms with Crippen molar-refractivity contribution < 1.29 is 14.3 Å². The maximum atomic E-state index is 12.3. The summed E-state index contributed by atoms with van der Waals surface area (Å²) in [5.74, 6) is 1.39. The van der Waals surface area contributed by atoms with Crippen LogP contribution >= 0.6 is 11.3 Å². The van der Waals surface area contributed by atoms with Crippen molar-refractivity contribution in [3.8, 4) is 11.5 Å². The second-order valence-corrected chi connectivity index (χ2v) is 7.21. The molecule has 0 unspecified atom stereocenters. The number of aromatic nitrogens is 1. The van der Waals surface area contributed by atoms with Crippen molar-refractivity contribution in [2.45, 2.75) is 13.0 Å². The Bertz CT molecular complexity index is 893. The number of amides is 2. The fourth-order valence-electron chi connectivity index (χ4n) is 2.72. The summed E-state index contributed by atoms with van der Waals surface area (Å²) in [6.07, 6.45) is 0.728. The largest absolute Gasteiger partial charge is 0.493 e. The van der Waals surface area contributed by atoms with Gasteiger partial charge in [-0.05, 0) is 36.2 Å². The number of fused-ring (bicyclic) bond motifs is 1. The number of urea groups is 1. The van der Waals surface area contributed by atoms with E-state index in [0.29, 0.717) is 24.6 Å². The van der Waals surface area contributed by atoms with E-state index in [2.05, 4.69) is 10.3 Å². The van der Waals surface area contributed by atoms with Crippen LogP contribution in [0.5, 0.6) is 11.5 Å². The lowest BCUT2D eigenvalue weighted by Crippen LogP contribution is -2.37. The third-order valence-electron chi connectivity index (χ3n) is 4.26. The lowest BCUT2D eigenvalue weighted by molar-refractivity contribution is 0.209. The molecule has 1 aromatic heterocycles. The van der Waals surface area contributed by atoms with E-state index in [9.17, 15) is 4.79 Å². The van der Waals surface area contributed by atoms with Gasteiger partial charge in [-0.3, -0.25) is 0 Å². The molecule has 0 radical (unpaired) electrons. The third kappa shape index (κ3) is 4.68. The molecule has 7 heteroatoms. The second-order valence-electron chi connectivity index (χ2n) is 6.09. The molecule has 0 spiro atoms. The van der Waals surface area contributed by atoms with Crippen LogP contribution in [-0.4, -0.2) is 43.7 Å². The highest BCUT2D eigenvalue weighted by Crippen LogP contribution is 2.27. The number of nitrogens with one attached hydrogen (secondary N) is 1. The Morgan fingerprint density at radius 1 is 1.15 bits per heavy atom. The predicted octanol–water partition coefficient (Wildman–Crippen LogP) is 3.70. The van der Waals surface area contributed by atoms with E-state index >= 15 is 0 Å². The number of hydrogen-bond donors (Lipinski definition) is 1. The van der Waals surface area contributed by atoms with Gasteiger partial charge >= 0.3 is 6.03 Å². The first-order valence-corrected chi connectivity index (χ1v) is 9.46. The topological polar surface area (TPSA) is 63.7 Å². The number of rotatable bonds is 7. The molecule has 0 atom stereocenters. The molecule has 0 fully saturated rings. The molecule has 6 nitrogen and oxygen atoms in total. The molecule has 1 heterocycles. The zero-order chi connectivity index (χ0) is 19.2. The lowest BCUT2D eigenvalue weighted by Gasteiger charge is -2.18. The maximum absolute atomic E-state index is 12.3. The molecule has 0 saturated heterocycles. The van der Waals surface area contributed by atoms with Crippen LogP contribution in [0, 0.1) is 0 Å². The van der Waals surface area contributed by atoms with Crippen molar-refractivity contribution >= 4 is 27.6 Å². The van der Waals surface area contributed by atoms with Gasteiger partial charge < -0.3 is 19.7 Å². The first-order valence-electron chi connectivity index (χ1n) is 8.65. The number of likely N-dealkylation sites (N-methyl/N-ethyl adjacent to an activating group) is 1. The summed E-state index contributed by atoms with van der Waals surface area (Å²) in [5.41, 5.74) is 2.05. The smallest absolute Gasteiger partial charge is 0.317 e. The zero-order valence-corrected chi connectivity index (χ0v) is 16.5. The molecule has 0 saturated carbocycles. The number of nitrogens with zero attached hydrogens (tertiary/aromatic N) is 2. The van der Waals surface area contributed by atoms with Crippen LogP contribution in [0.3, 0.4) is 0 Å². The molecular formula is C20H23N3O3S. The van der Waals surface area contributed by atoms with Gasteiger partial charge in [0.1, 0.15) is 5.01 Å². The summed E-state index contributed by atoms with van der Waals surface area (Å²) >= 11 is 1.60. The van der Waals surface area contributed by atoms with E-state index in [1.165, 1.54) is 0 Å². The molecule has 2 aromatic carbocycles. The third-order valence-corrected chi connectivity index (χ3v) is 5.30. The highest BCUT2D eigenvalue weighted by molar-refractivity contribution is 7.18. The molecule has 3 rings (SSSR count). The van der Waals surface area contributed by atoms with Crippen LogP contribution in [0.4, 0.5) is 4.79 Å². The van der Waals surface area contributed by atoms with Crippen molar-refractivity contribution in [2.24, 2.45) is 0 Å². The minimum absolute atomic E-state index is 0.116. The van der Waals surface area contributed by atoms with E-state index in [1.807, 2.05) is 42.5 Å². The summed E-state index contributed by atoms with van der Waals surface area (Å²) in [6, 6.07) is 13.6. The van der Waals surface area contributed by atoms with Crippen molar-refractivity contribution in [3.05, 3.63) is 53.0 Å². The lowest BCUT2D eigenvalue weighted by atomic mass is 10.1. The maximum Gasteiger partial charge on any atom is 0.317 e. The van der Waals surface area contributed by atoms with Crippen LogP contribution < -0.4 is 14.8 Å². The minimum Gasteiger partial charge on any atom is -0.493 e. The van der Waals surface area contributed by atoms with Crippen molar-refractivity contribution in [1.82, 2.24) is 15.2 Å². The number of para-hydroxylation sites is 1. The number of carbonyl (C=O) groups is 1. The molecule has 3 aromatic rings. The van der Waals surface area contributed by atoms with Crippen molar-refractivity contribution in [2.75, 3.05) is 27.8 Å². The Labute approximate surface area is 162 Å². The van der Waals surface area contributed by atoms with Crippen LogP contribution in [0.15, 0.2) is 42.5 Å². The van der Waals surface area contributed by atoms with Gasteiger partial charge in [0.05, 0.1) is 31.0 Å². The molecule has 2 amide bonds. The Hall–Kier alpha value is -2.80. The van der Waals surface area contributed by atoms with Gasteiger partial charge in [-0.1, -0.05) is 18.2 Å². The molecule has 0 aliphatic carbocycles. The summed E-state index contributed by atoms with van der Waals surface area (Å²) < 4.78 is 11.7. The van der Waals surface area contributed by atoms with E-state index in [4.69, 9.17) is 9.47 Å². The van der Waals surface area contributed by atoms with Gasteiger partial charge in [0.2, 0.25) is 0 Å². The quantitative estimate of drug-likeness (QED) is 0.674. The monoisotopic (exact) mass is 385 g/mol. The summed E-state index contributed by atoms with van der Waals surface area (Å²) in [4.78, 5) is 18.5. The first-order chi connectivity index (χ1) is 13.1. The number of hydrogen-bond acceptors (Lipinski definition) is 5. The number of ether oxygens (including phenoxy) is 2. The Morgan fingerprint density at radius 2 is 1.93 bits per heavy atom. The van der Waals surface area contributed by atoms with Crippen molar-refractivity contribution in [3.63, 3.8) is 0 Å². The molecule has 0 aliphatic heterocycles. The van der Waals surface area contributed by atoms with Crippen molar-refractivity contribution in [1.29, 1.82) is 0 Å². The average molecular weight is 385 g/mol. The molecule has 27 heavy (non-hydrogen) atoms. The highest BCUT2D eigenvalue weighted by atomic mass is 32.1. The van der Waals surface area contributed by atoms with Crippen LogP contribution in [-0.2, 0) is 13.0 Å². The summed E-state index contributed by atoms with van der Waals surface area (Å²) in [6.45, 7) is 1.03. The summed E-state index contributed by atoms with van der Waals surface area (Å²) in [5, 5.41) is 3.83. The van der Waals surface area contributed by atoms with Crippen LogP contribution in [0.25, 0.3) is 10.2 Å². The average Bonchev–Trinajstić information content (AvgIpc) is 3.12. The van der Waals surface area contributed by atoms with Gasteiger partial charge in [-0.2, -0.15) is 0 Å². The van der Waals surface area contributed by atoms with Crippen LogP contribution in [0.1, 0.15) is 10.6 Å². The number of benzene rings is 2. The predicted molar refractivity (Wildman–Crippen MR) is 108 cm³/mol. The molecule has 1 N–H and O–H groups in total. The Morgan fingerprint density at radius 3 is 2.67 bits per heavy atom. The Balaban J connectivity index is 1.51. The van der Waals surface area contributed by atoms with E-state index in [-0.39, 0.29) is 6.03 Å². The molecular weight excluding hydrogens is 362 g/mol. The molecule has 0 aliphatic rings. The summed E-state index contributed by atoms with van der Waals surface area (Å²) in [7, 11) is 5.01. The van der Waals surface area contributed by atoms with Gasteiger partial charge in [0.15, 0.2) is 11.5 Å². The van der Waals surface area contributed by atoms with Crippen LogP contribution in [0.2, 0.25) is 0 Å². The Kier molecular flexibility index (Phi) is 6.13. The van der Waals surface area contributed by atoms with Gasteiger partial charge in [-0.25, -0.2) is 9.78 Å². The number of carbonyl (C=O) groups excluding carboxylic acids is 1. The standard InChI is InChI=1S/C20H23N3O3S/c1-23(11-10-14-8-9-16(25-2)17(12-14)26-3)20(24)21-13-19-22-15-6-4-5-7-18(15)27-19/h4-9,12H,10-11,13H2,1-3H3,(H,21,24). The molecule has 142 valence electrons. The van der Waals surface area contributed by atoms with E-state index in [1.54, 1.807) is 37.5 Å². The van der Waals surface area contributed by atoms with Gasteiger partial charge in [0, 0.05) is 13.6 Å². The second kappa shape index (κ2) is 8.73. The van der Waals surface area contributed by atoms with E-state index < -0.39 is 0 Å². The SMILES string of the molecule is COc1ccc(CCN(C)C(=O)NCc2nc3ccccc3s2)cc1OC. The minimum atomic E-state index is -0.116. The normalized spacial score (nSPS) is 10.6. The fourth-order valence-corrected chi connectivity index (χ4v) is 3.62. The number of methoxy groups -OCH3 is 2. The van der Waals surface area contributed by atoms with Gasteiger partial charge in [0.25, 0.3) is 0 Å². The highest BCUT2D eigenvalue weighted by Gasteiger charge is 2.11. The van der Waals surface area contributed by atoms with Gasteiger partial charge in [-0.15, -0.1) is 11.3 Å².